The van der Waals surface area contributed by atoms with Crippen LogP contribution < -0.4 is 0 Å². The summed E-state index contributed by atoms with van der Waals surface area (Å²) in [5.41, 5.74) is 0. The summed E-state index contributed by atoms with van der Waals surface area (Å²) in [5, 5.41) is 16.9. The van der Waals surface area contributed by atoms with Crippen LogP contribution in [0.4, 0.5) is 0 Å². The van der Waals surface area contributed by atoms with Gasteiger partial charge in [-0.05, 0) is 0 Å². The molecule has 0 fully saturated rings. The Labute approximate surface area is 92.5 Å². The molecule has 1 atom stereocenters. The van der Waals surface area contributed by atoms with Gasteiger partial charge in [-0.15, -0.1) is 0 Å². The second-order valence-electron chi connectivity index (χ2n) is 2.93. The summed E-state index contributed by atoms with van der Waals surface area (Å²) in [6.07, 6.45) is 1.22. The Balaban J connectivity index is 4.31. The van der Waals surface area contributed by atoms with Crippen LogP contribution in [0.2, 0.25) is 0 Å². The van der Waals surface area contributed by atoms with Gasteiger partial charge < -0.3 is 10.2 Å². The Morgan fingerprint density at radius 3 is 2.25 bits per heavy atom. The summed E-state index contributed by atoms with van der Waals surface area (Å²) < 4.78 is 25.6. The fourth-order valence-electron chi connectivity index (χ4n) is 0.796. The molecule has 16 heavy (non-hydrogen) atoms. The molecule has 1 unspecified atom stereocenters. The van der Waals surface area contributed by atoms with E-state index in [1.807, 2.05) is 0 Å². The van der Waals surface area contributed by atoms with Crippen LogP contribution in [0.1, 0.15) is 12.8 Å². The van der Waals surface area contributed by atoms with E-state index in [0.29, 0.717) is 0 Å². The van der Waals surface area contributed by atoms with Crippen LogP contribution >= 0.6 is 0 Å². The zero-order valence-electron chi connectivity index (χ0n) is 8.49. The lowest BCUT2D eigenvalue weighted by atomic mass is 10.2. The first-order chi connectivity index (χ1) is 7.22. The highest BCUT2D eigenvalue weighted by Crippen LogP contribution is 2.04. The molecule has 0 rings (SSSR count). The van der Waals surface area contributed by atoms with Gasteiger partial charge in [0.05, 0.1) is 12.7 Å². The second kappa shape index (κ2) is 6.23. The fourth-order valence-corrected chi connectivity index (χ4v) is 1.38. The van der Waals surface area contributed by atoms with Gasteiger partial charge in [0.15, 0.2) is 6.10 Å². The summed E-state index contributed by atoms with van der Waals surface area (Å²) in [7, 11) is -3.85. The average Bonchev–Trinajstić information content (AvgIpc) is 2.07. The summed E-state index contributed by atoms with van der Waals surface area (Å²) >= 11 is 0. The van der Waals surface area contributed by atoms with Crippen LogP contribution in [-0.2, 0) is 23.9 Å². The maximum Gasteiger partial charge on any atom is 0.334 e. The molecule has 0 aromatic carbocycles. The Morgan fingerprint density at radius 2 is 1.88 bits per heavy atom. The summed E-state index contributed by atoms with van der Waals surface area (Å²) in [5.74, 6) is -2.49. The number of carbonyl (C=O) groups is 2. The SMILES string of the molecule is CS(=O)(=O)OC(C/C=C/CC(=O)O)C(=O)O. The van der Waals surface area contributed by atoms with Crippen molar-refractivity contribution in [2.45, 2.75) is 18.9 Å². The standard InChI is InChI=1S/C8H12O7S/c1-16(13,14)15-6(8(11)12)4-2-3-5-7(9)10/h2-3,6H,4-5H2,1H3,(H,9,10)(H,11,12)/b3-2+. The van der Waals surface area contributed by atoms with E-state index in [1.54, 1.807) is 0 Å². The van der Waals surface area contributed by atoms with Crippen molar-refractivity contribution < 1.29 is 32.4 Å². The molecule has 8 heteroatoms. The van der Waals surface area contributed by atoms with Gasteiger partial charge >= 0.3 is 11.9 Å². The van der Waals surface area contributed by atoms with E-state index in [9.17, 15) is 18.0 Å². The molecule has 0 aliphatic carbocycles. The Morgan fingerprint density at radius 1 is 1.31 bits per heavy atom. The minimum absolute atomic E-state index is 0.213. The minimum atomic E-state index is -3.85. The van der Waals surface area contributed by atoms with Crippen molar-refractivity contribution in [3.63, 3.8) is 0 Å². The number of aliphatic carboxylic acids is 2. The van der Waals surface area contributed by atoms with E-state index >= 15 is 0 Å². The monoisotopic (exact) mass is 252 g/mol. The third-order valence-electron chi connectivity index (χ3n) is 1.38. The predicted molar refractivity (Wildman–Crippen MR) is 53.4 cm³/mol. The largest absolute Gasteiger partial charge is 0.481 e. The van der Waals surface area contributed by atoms with Crippen molar-refractivity contribution in [1.29, 1.82) is 0 Å². The van der Waals surface area contributed by atoms with E-state index in [2.05, 4.69) is 4.18 Å². The van der Waals surface area contributed by atoms with Gasteiger partial charge in [0.1, 0.15) is 0 Å². The van der Waals surface area contributed by atoms with E-state index in [-0.39, 0.29) is 12.8 Å². The van der Waals surface area contributed by atoms with Crippen molar-refractivity contribution in [3.8, 4) is 0 Å². The first kappa shape index (κ1) is 14.6. The molecule has 0 aliphatic rings. The molecular formula is C8H12O7S. The van der Waals surface area contributed by atoms with Gasteiger partial charge in [-0.25, -0.2) is 4.79 Å². The lowest BCUT2D eigenvalue weighted by molar-refractivity contribution is -0.144. The topological polar surface area (TPSA) is 118 Å². The maximum atomic E-state index is 10.7. The Kier molecular flexibility index (Phi) is 5.68. The van der Waals surface area contributed by atoms with Gasteiger partial charge in [-0.2, -0.15) is 8.42 Å². The second-order valence-corrected chi connectivity index (χ2v) is 4.53. The van der Waals surface area contributed by atoms with Crippen molar-refractivity contribution in [2.75, 3.05) is 6.26 Å². The van der Waals surface area contributed by atoms with Gasteiger partial charge in [-0.3, -0.25) is 8.98 Å². The van der Waals surface area contributed by atoms with Crippen LogP contribution in [0, 0.1) is 0 Å². The van der Waals surface area contributed by atoms with Crippen LogP contribution in [0.15, 0.2) is 12.2 Å². The smallest absolute Gasteiger partial charge is 0.334 e. The zero-order chi connectivity index (χ0) is 12.8. The lowest BCUT2D eigenvalue weighted by Gasteiger charge is -2.08. The maximum absolute atomic E-state index is 10.7. The van der Waals surface area contributed by atoms with Crippen LogP contribution in [0.5, 0.6) is 0 Å². The average molecular weight is 252 g/mol. The molecule has 0 heterocycles. The molecule has 0 bridgehead atoms. The molecule has 0 amide bonds. The molecule has 92 valence electrons. The molecule has 0 aromatic heterocycles. The van der Waals surface area contributed by atoms with Crippen LogP contribution in [0.25, 0.3) is 0 Å². The Hall–Kier alpha value is -1.41. The molecule has 0 radical (unpaired) electrons. The van der Waals surface area contributed by atoms with Gasteiger partial charge in [0.25, 0.3) is 10.1 Å². The molecule has 0 spiro atoms. The number of hydrogen-bond donors (Lipinski definition) is 2. The van der Waals surface area contributed by atoms with E-state index in [4.69, 9.17) is 10.2 Å². The number of carboxylic acid groups (broad SMARTS) is 2. The molecule has 0 aromatic rings. The minimum Gasteiger partial charge on any atom is -0.481 e. The van der Waals surface area contributed by atoms with E-state index < -0.39 is 28.2 Å². The molecule has 0 saturated heterocycles. The highest BCUT2D eigenvalue weighted by Gasteiger charge is 2.21. The number of hydrogen-bond acceptors (Lipinski definition) is 5. The fraction of sp³-hybridized carbons (Fsp3) is 0.500. The summed E-state index contributed by atoms with van der Waals surface area (Å²) in [4.78, 5) is 20.7. The quantitative estimate of drug-likeness (QED) is 0.477. The van der Waals surface area contributed by atoms with Crippen LogP contribution in [-0.4, -0.2) is 42.9 Å². The van der Waals surface area contributed by atoms with Crippen LogP contribution in [0.3, 0.4) is 0 Å². The zero-order valence-corrected chi connectivity index (χ0v) is 9.31. The van der Waals surface area contributed by atoms with Gasteiger partial charge in [0, 0.05) is 6.42 Å². The molecule has 2 N–H and O–H groups in total. The third-order valence-corrected chi connectivity index (χ3v) is 1.96. The normalized spacial score (nSPS) is 13.8. The first-order valence-electron chi connectivity index (χ1n) is 4.20. The first-order valence-corrected chi connectivity index (χ1v) is 6.02. The van der Waals surface area contributed by atoms with Crippen molar-refractivity contribution in [1.82, 2.24) is 0 Å². The van der Waals surface area contributed by atoms with Crippen molar-refractivity contribution in [2.24, 2.45) is 0 Å². The predicted octanol–water partition coefficient (Wildman–Crippen LogP) is -0.163. The van der Waals surface area contributed by atoms with Gasteiger partial charge in [0.2, 0.25) is 0 Å². The summed E-state index contributed by atoms with van der Waals surface area (Å²) in [6, 6.07) is 0. The third kappa shape index (κ3) is 7.94. The van der Waals surface area contributed by atoms with Crippen molar-refractivity contribution >= 4 is 22.1 Å². The Bertz CT molecular complexity index is 381. The number of carboxylic acids is 2. The molecular weight excluding hydrogens is 240 g/mol. The van der Waals surface area contributed by atoms with Crippen molar-refractivity contribution in [3.05, 3.63) is 12.2 Å². The highest BCUT2D eigenvalue weighted by atomic mass is 32.2. The molecule has 7 nitrogen and oxygen atoms in total. The number of rotatable bonds is 7. The molecule has 0 saturated carbocycles. The summed E-state index contributed by atoms with van der Waals surface area (Å²) in [6.45, 7) is 0. The van der Waals surface area contributed by atoms with E-state index in [0.717, 1.165) is 6.26 Å². The molecule has 0 aliphatic heterocycles. The van der Waals surface area contributed by atoms with E-state index in [1.165, 1.54) is 12.2 Å². The van der Waals surface area contributed by atoms with Gasteiger partial charge in [-0.1, -0.05) is 12.2 Å². The highest BCUT2D eigenvalue weighted by molar-refractivity contribution is 7.86. The lowest BCUT2D eigenvalue weighted by Crippen LogP contribution is -2.26.